The molecule has 0 aromatic heterocycles. The minimum absolute atomic E-state index is 0.101. The number of ether oxygens (including phenoxy) is 2. The van der Waals surface area contributed by atoms with E-state index in [1.165, 1.54) is 6.92 Å². The van der Waals surface area contributed by atoms with Crippen LogP contribution >= 0.6 is 11.8 Å². The van der Waals surface area contributed by atoms with E-state index in [9.17, 15) is 15.0 Å². The van der Waals surface area contributed by atoms with Crippen LogP contribution in [0.25, 0.3) is 0 Å². The van der Waals surface area contributed by atoms with Crippen molar-refractivity contribution in [2.24, 2.45) is 0 Å². The Morgan fingerprint density at radius 2 is 1.81 bits per heavy atom. The predicted molar refractivity (Wildman–Crippen MR) is 102 cm³/mol. The molecule has 2 unspecified atom stereocenters. The quantitative estimate of drug-likeness (QED) is 0.699. The van der Waals surface area contributed by atoms with Gasteiger partial charge in [0.25, 0.3) is 0 Å². The summed E-state index contributed by atoms with van der Waals surface area (Å²) in [5.41, 5.74) is 1.55. The second kappa shape index (κ2) is 10.2. The van der Waals surface area contributed by atoms with Crippen LogP contribution in [-0.4, -0.2) is 33.8 Å². The molecule has 0 fully saturated rings. The number of rotatable bonds is 9. The number of hydrogen-bond donors (Lipinski definition) is 2. The second-order valence-corrected chi connectivity index (χ2v) is 6.93. The summed E-state index contributed by atoms with van der Waals surface area (Å²) in [6.07, 6.45) is -2.15. The molecule has 0 aliphatic rings. The van der Waals surface area contributed by atoms with Gasteiger partial charge in [-0.15, -0.1) is 0 Å². The average Bonchev–Trinajstić information content (AvgIpc) is 2.65. The Kier molecular flexibility index (Phi) is 7.97. The largest absolute Gasteiger partial charge is 0.490 e. The highest BCUT2D eigenvalue weighted by Crippen LogP contribution is 2.32. The van der Waals surface area contributed by atoms with Gasteiger partial charge in [-0.05, 0) is 30.2 Å². The van der Waals surface area contributed by atoms with Crippen molar-refractivity contribution >= 4 is 16.9 Å². The molecule has 2 aromatic carbocycles. The first-order valence-electron chi connectivity index (χ1n) is 8.44. The number of carbonyl (C=O) groups excluding carboxylic acids is 1. The Morgan fingerprint density at radius 3 is 2.46 bits per heavy atom. The third-order valence-electron chi connectivity index (χ3n) is 3.67. The van der Waals surface area contributed by atoms with Gasteiger partial charge >= 0.3 is 0 Å². The van der Waals surface area contributed by atoms with Gasteiger partial charge in [0.1, 0.15) is 12.7 Å². The molecule has 2 aromatic rings. The molecular formula is C20H24O5S. The molecule has 2 N–H and O–H groups in total. The van der Waals surface area contributed by atoms with Gasteiger partial charge in [-0.2, -0.15) is 0 Å². The smallest absolute Gasteiger partial charge is 0.185 e. The number of benzene rings is 2. The van der Waals surface area contributed by atoms with Crippen molar-refractivity contribution in [3.05, 3.63) is 59.7 Å². The molecule has 0 aliphatic carbocycles. The van der Waals surface area contributed by atoms with Gasteiger partial charge in [-0.3, -0.25) is 4.79 Å². The summed E-state index contributed by atoms with van der Waals surface area (Å²) in [4.78, 5) is 11.0. The van der Waals surface area contributed by atoms with Crippen LogP contribution in [0, 0.1) is 0 Å². The summed E-state index contributed by atoms with van der Waals surface area (Å²) < 4.78 is 11.4. The Hall–Kier alpha value is -2.02. The first-order chi connectivity index (χ1) is 12.5. The fraction of sp³-hybridized carbons (Fsp3) is 0.350. The van der Waals surface area contributed by atoms with E-state index in [0.29, 0.717) is 30.3 Å². The van der Waals surface area contributed by atoms with Crippen molar-refractivity contribution in [1.82, 2.24) is 0 Å². The van der Waals surface area contributed by atoms with Crippen LogP contribution in [0.5, 0.6) is 11.5 Å². The lowest BCUT2D eigenvalue weighted by atomic mass is 10.0. The van der Waals surface area contributed by atoms with E-state index in [4.69, 9.17) is 9.47 Å². The number of thioether (sulfide) groups is 1. The fourth-order valence-corrected chi connectivity index (χ4v) is 2.94. The minimum Gasteiger partial charge on any atom is -0.490 e. The standard InChI is InChI=1S/C20H24O5S/c1-3-24-19-11-16(20(23)17(22)13-26-14(2)21)9-10-18(19)25-12-15-7-5-4-6-8-15/h4-11,17,20,22-23H,3,12-13H2,1-2H3. The molecule has 0 saturated heterocycles. The van der Waals surface area contributed by atoms with E-state index in [0.717, 1.165) is 17.3 Å². The maximum Gasteiger partial charge on any atom is 0.185 e. The highest BCUT2D eigenvalue weighted by Gasteiger charge is 2.21. The summed E-state index contributed by atoms with van der Waals surface area (Å²) in [5, 5.41) is 20.3. The summed E-state index contributed by atoms with van der Waals surface area (Å²) in [6.45, 7) is 4.14. The molecule has 0 radical (unpaired) electrons. The van der Waals surface area contributed by atoms with Crippen LogP contribution in [0.15, 0.2) is 48.5 Å². The Morgan fingerprint density at radius 1 is 1.08 bits per heavy atom. The zero-order valence-electron chi connectivity index (χ0n) is 14.9. The molecular weight excluding hydrogens is 352 g/mol. The van der Waals surface area contributed by atoms with E-state index in [2.05, 4.69) is 0 Å². The molecule has 2 atom stereocenters. The first-order valence-corrected chi connectivity index (χ1v) is 9.42. The highest BCUT2D eigenvalue weighted by atomic mass is 32.2. The molecule has 0 bridgehead atoms. The van der Waals surface area contributed by atoms with Crippen molar-refractivity contribution in [3.8, 4) is 11.5 Å². The molecule has 26 heavy (non-hydrogen) atoms. The van der Waals surface area contributed by atoms with Crippen molar-refractivity contribution in [1.29, 1.82) is 0 Å². The van der Waals surface area contributed by atoms with E-state index in [-0.39, 0.29) is 10.9 Å². The topological polar surface area (TPSA) is 76.0 Å². The summed E-state index contributed by atoms with van der Waals surface area (Å²) in [7, 11) is 0. The number of aliphatic hydroxyl groups excluding tert-OH is 2. The lowest BCUT2D eigenvalue weighted by Crippen LogP contribution is -2.21. The van der Waals surface area contributed by atoms with E-state index in [1.807, 2.05) is 37.3 Å². The maximum absolute atomic E-state index is 11.0. The molecule has 0 saturated carbocycles. The van der Waals surface area contributed by atoms with Crippen LogP contribution in [0.4, 0.5) is 0 Å². The van der Waals surface area contributed by atoms with Gasteiger partial charge in [0.15, 0.2) is 16.6 Å². The van der Waals surface area contributed by atoms with Crippen molar-refractivity contribution in [3.63, 3.8) is 0 Å². The van der Waals surface area contributed by atoms with Crippen LogP contribution in [0.3, 0.4) is 0 Å². The monoisotopic (exact) mass is 376 g/mol. The Labute approximate surface area is 158 Å². The summed E-state index contributed by atoms with van der Waals surface area (Å²) in [6, 6.07) is 14.9. The highest BCUT2D eigenvalue weighted by molar-refractivity contribution is 8.13. The molecule has 6 heteroatoms. The molecule has 0 amide bonds. The second-order valence-electron chi connectivity index (χ2n) is 5.73. The van der Waals surface area contributed by atoms with Gasteiger partial charge in [-0.1, -0.05) is 48.2 Å². The van der Waals surface area contributed by atoms with Crippen LogP contribution in [0.2, 0.25) is 0 Å². The molecule has 0 aliphatic heterocycles. The van der Waals surface area contributed by atoms with Crippen molar-refractivity contribution < 1.29 is 24.5 Å². The van der Waals surface area contributed by atoms with Gasteiger partial charge < -0.3 is 19.7 Å². The molecule has 2 rings (SSSR count). The Balaban J connectivity index is 2.10. The first kappa shape index (κ1) is 20.3. The number of hydrogen-bond acceptors (Lipinski definition) is 6. The third kappa shape index (κ3) is 6.05. The zero-order valence-corrected chi connectivity index (χ0v) is 15.7. The fourth-order valence-electron chi connectivity index (χ4n) is 2.35. The van der Waals surface area contributed by atoms with Gasteiger partial charge in [-0.25, -0.2) is 0 Å². The number of aliphatic hydroxyl groups is 2. The van der Waals surface area contributed by atoms with Gasteiger partial charge in [0.05, 0.1) is 12.7 Å². The summed E-state index contributed by atoms with van der Waals surface area (Å²) >= 11 is 0.981. The number of carbonyl (C=O) groups is 1. The molecule has 5 nitrogen and oxygen atoms in total. The van der Waals surface area contributed by atoms with Gasteiger partial charge in [0.2, 0.25) is 0 Å². The van der Waals surface area contributed by atoms with Crippen molar-refractivity contribution in [2.75, 3.05) is 12.4 Å². The lowest BCUT2D eigenvalue weighted by molar-refractivity contribution is -0.109. The third-order valence-corrected chi connectivity index (χ3v) is 4.58. The predicted octanol–water partition coefficient (Wildman–Crippen LogP) is 3.34. The summed E-state index contributed by atoms with van der Waals surface area (Å²) in [5.74, 6) is 1.21. The molecule has 0 spiro atoms. The molecule has 0 heterocycles. The van der Waals surface area contributed by atoms with Crippen LogP contribution < -0.4 is 9.47 Å². The van der Waals surface area contributed by atoms with Crippen molar-refractivity contribution in [2.45, 2.75) is 32.7 Å². The van der Waals surface area contributed by atoms with E-state index >= 15 is 0 Å². The lowest BCUT2D eigenvalue weighted by Gasteiger charge is -2.19. The van der Waals surface area contributed by atoms with E-state index < -0.39 is 12.2 Å². The van der Waals surface area contributed by atoms with Crippen LogP contribution in [-0.2, 0) is 11.4 Å². The van der Waals surface area contributed by atoms with E-state index in [1.54, 1.807) is 18.2 Å². The average molecular weight is 376 g/mol. The minimum atomic E-state index is -1.11. The maximum atomic E-state index is 11.0. The van der Waals surface area contributed by atoms with Crippen LogP contribution in [0.1, 0.15) is 31.1 Å². The SMILES string of the molecule is CCOc1cc(C(O)C(O)CSC(C)=O)ccc1OCc1ccccc1. The molecule has 140 valence electrons. The van der Waals surface area contributed by atoms with Gasteiger partial charge in [0, 0.05) is 12.7 Å². The Bertz CT molecular complexity index is 705. The normalized spacial score (nSPS) is 13.1. The zero-order chi connectivity index (χ0) is 18.9.